The maximum absolute atomic E-state index is 4.67. The molecule has 0 unspecified atom stereocenters. The lowest BCUT2D eigenvalue weighted by Gasteiger charge is -2.01. The Bertz CT molecular complexity index is 730. The van der Waals surface area contributed by atoms with Crippen LogP contribution < -0.4 is 0 Å². The van der Waals surface area contributed by atoms with Gasteiger partial charge in [-0.15, -0.1) is 0 Å². The number of H-pyrrole nitrogens is 1. The largest absolute Gasteiger partial charge is 0.339 e. The Morgan fingerprint density at radius 3 is 2.70 bits per heavy atom. The van der Waals surface area contributed by atoms with Crippen LogP contribution in [0, 0.1) is 0 Å². The molecule has 0 aromatic carbocycles. The van der Waals surface area contributed by atoms with Gasteiger partial charge in [0.1, 0.15) is 5.65 Å². The first kappa shape index (κ1) is 14.0. The van der Waals surface area contributed by atoms with Crippen molar-refractivity contribution in [3.05, 3.63) is 53.9 Å². The minimum absolute atomic E-state index is 0.849. The number of nitrogens with one attached hydrogen (secondary N) is 1. The predicted octanol–water partition coefficient (Wildman–Crippen LogP) is 4.23. The van der Waals surface area contributed by atoms with E-state index in [1.807, 2.05) is 32.2 Å². The molecule has 2 heterocycles. The lowest BCUT2D eigenvalue weighted by Crippen LogP contribution is -1.87. The van der Waals surface area contributed by atoms with Gasteiger partial charge in [0.05, 0.1) is 5.69 Å². The van der Waals surface area contributed by atoms with Gasteiger partial charge >= 0.3 is 0 Å². The molecule has 1 N–H and O–H groups in total. The van der Waals surface area contributed by atoms with Crippen LogP contribution in [0.5, 0.6) is 0 Å². The van der Waals surface area contributed by atoms with Gasteiger partial charge in [-0.2, -0.15) is 0 Å². The lowest BCUT2D eigenvalue weighted by molar-refractivity contribution is 1.27. The molecule has 2 aromatic heterocycles. The number of aromatic nitrogens is 2. The maximum atomic E-state index is 4.67. The molecule has 3 heteroatoms. The third kappa shape index (κ3) is 2.62. The van der Waals surface area contributed by atoms with E-state index in [0.717, 1.165) is 39.1 Å². The van der Waals surface area contributed by atoms with Crippen molar-refractivity contribution in [1.29, 1.82) is 0 Å². The first-order valence-corrected chi connectivity index (χ1v) is 6.48. The molecule has 0 amide bonds. The third-order valence-electron chi connectivity index (χ3n) is 3.06. The zero-order valence-corrected chi connectivity index (χ0v) is 12.2. The van der Waals surface area contributed by atoms with E-state index >= 15 is 0 Å². The SMILES string of the molecule is C=Cc1[nH]c2nc(/C(C)=C/C(=C)C)ccc2c1C=NC. The van der Waals surface area contributed by atoms with Crippen molar-refractivity contribution in [1.82, 2.24) is 9.97 Å². The van der Waals surface area contributed by atoms with Gasteiger partial charge in [0.15, 0.2) is 0 Å². The summed E-state index contributed by atoms with van der Waals surface area (Å²) in [5.41, 5.74) is 5.87. The normalized spacial score (nSPS) is 12.2. The molecule has 0 aliphatic carbocycles. The van der Waals surface area contributed by atoms with E-state index in [0.29, 0.717) is 0 Å². The number of hydrogen-bond acceptors (Lipinski definition) is 2. The van der Waals surface area contributed by atoms with Crippen molar-refractivity contribution in [2.75, 3.05) is 7.05 Å². The first-order chi connectivity index (χ1) is 9.56. The summed E-state index contributed by atoms with van der Waals surface area (Å²) in [4.78, 5) is 12.0. The number of allylic oxidation sites excluding steroid dienone is 3. The Morgan fingerprint density at radius 2 is 2.10 bits per heavy atom. The fourth-order valence-electron chi connectivity index (χ4n) is 2.20. The zero-order chi connectivity index (χ0) is 14.7. The van der Waals surface area contributed by atoms with Crippen molar-refractivity contribution in [2.45, 2.75) is 13.8 Å². The number of fused-ring (bicyclic) bond motifs is 1. The minimum Gasteiger partial charge on any atom is -0.339 e. The van der Waals surface area contributed by atoms with Crippen LogP contribution in [0.1, 0.15) is 30.8 Å². The number of aliphatic imine (C=N–C) groups is 1. The minimum atomic E-state index is 0.849. The molecule has 0 radical (unpaired) electrons. The molecule has 0 saturated heterocycles. The van der Waals surface area contributed by atoms with Crippen molar-refractivity contribution in [2.24, 2.45) is 4.99 Å². The van der Waals surface area contributed by atoms with Crippen LogP contribution in [0.2, 0.25) is 0 Å². The Morgan fingerprint density at radius 1 is 1.35 bits per heavy atom. The fourth-order valence-corrected chi connectivity index (χ4v) is 2.20. The van der Waals surface area contributed by atoms with Crippen LogP contribution >= 0.6 is 0 Å². The summed E-state index contributed by atoms with van der Waals surface area (Å²) in [5, 5.41) is 1.05. The summed E-state index contributed by atoms with van der Waals surface area (Å²) >= 11 is 0. The number of nitrogens with zero attached hydrogens (tertiary/aromatic N) is 2. The van der Waals surface area contributed by atoms with Crippen LogP contribution in [-0.2, 0) is 0 Å². The topological polar surface area (TPSA) is 41.0 Å². The summed E-state index contributed by atoms with van der Waals surface area (Å²) in [5.74, 6) is 0. The maximum Gasteiger partial charge on any atom is 0.139 e. The summed E-state index contributed by atoms with van der Waals surface area (Å²) in [6.45, 7) is 11.7. The number of aromatic amines is 1. The van der Waals surface area contributed by atoms with E-state index in [-0.39, 0.29) is 0 Å². The van der Waals surface area contributed by atoms with E-state index in [9.17, 15) is 0 Å². The molecule has 20 heavy (non-hydrogen) atoms. The van der Waals surface area contributed by atoms with E-state index in [1.54, 1.807) is 13.1 Å². The lowest BCUT2D eigenvalue weighted by atomic mass is 10.1. The van der Waals surface area contributed by atoms with E-state index in [4.69, 9.17) is 0 Å². The van der Waals surface area contributed by atoms with Crippen LogP contribution in [0.25, 0.3) is 22.7 Å². The Kier molecular flexibility index (Phi) is 3.99. The van der Waals surface area contributed by atoms with Crippen LogP contribution in [0.3, 0.4) is 0 Å². The highest BCUT2D eigenvalue weighted by molar-refractivity contribution is 6.01. The second-order valence-corrected chi connectivity index (χ2v) is 4.81. The van der Waals surface area contributed by atoms with Crippen molar-refractivity contribution in [3.63, 3.8) is 0 Å². The molecule has 0 fully saturated rings. The van der Waals surface area contributed by atoms with Crippen molar-refractivity contribution >= 4 is 28.9 Å². The molecule has 2 rings (SSSR count). The highest BCUT2D eigenvalue weighted by atomic mass is 14.9. The summed E-state index contributed by atoms with van der Waals surface area (Å²) in [7, 11) is 1.76. The standard InChI is InChI=1S/C17H19N3/c1-6-15-14(10-18-5)13-7-8-16(20-17(13)19-15)12(4)9-11(2)3/h6-10H,1-2H2,3-5H3,(H,19,20)/b12-9+,18-10?. The number of hydrogen-bond donors (Lipinski definition) is 1. The molecule has 0 saturated carbocycles. The third-order valence-corrected chi connectivity index (χ3v) is 3.06. The fraction of sp³-hybridized carbons (Fsp3) is 0.176. The van der Waals surface area contributed by atoms with Crippen LogP contribution in [0.15, 0.2) is 41.9 Å². The van der Waals surface area contributed by atoms with E-state index in [1.165, 1.54) is 0 Å². The van der Waals surface area contributed by atoms with Gasteiger partial charge in [0.25, 0.3) is 0 Å². The van der Waals surface area contributed by atoms with Gasteiger partial charge in [0.2, 0.25) is 0 Å². The van der Waals surface area contributed by atoms with Gasteiger partial charge in [-0.3, -0.25) is 4.99 Å². The van der Waals surface area contributed by atoms with Gasteiger partial charge in [0, 0.05) is 29.9 Å². The van der Waals surface area contributed by atoms with Crippen molar-refractivity contribution < 1.29 is 0 Å². The molecule has 0 atom stereocenters. The highest BCUT2D eigenvalue weighted by Gasteiger charge is 2.09. The van der Waals surface area contributed by atoms with Crippen LogP contribution in [-0.4, -0.2) is 23.2 Å². The average Bonchev–Trinajstić information content (AvgIpc) is 2.76. The van der Waals surface area contributed by atoms with Gasteiger partial charge < -0.3 is 4.98 Å². The highest BCUT2D eigenvalue weighted by Crippen LogP contribution is 2.23. The second-order valence-electron chi connectivity index (χ2n) is 4.81. The van der Waals surface area contributed by atoms with E-state index < -0.39 is 0 Å². The predicted molar refractivity (Wildman–Crippen MR) is 88.2 cm³/mol. The summed E-state index contributed by atoms with van der Waals surface area (Å²) < 4.78 is 0. The molecule has 102 valence electrons. The molecular formula is C17H19N3. The quantitative estimate of drug-likeness (QED) is 0.652. The second kappa shape index (κ2) is 5.70. The number of pyridine rings is 1. The van der Waals surface area contributed by atoms with Gasteiger partial charge in [-0.1, -0.05) is 24.8 Å². The van der Waals surface area contributed by atoms with Crippen LogP contribution in [0.4, 0.5) is 0 Å². The summed E-state index contributed by atoms with van der Waals surface area (Å²) in [6, 6.07) is 4.08. The summed E-state index contributed by atoms with van der Waals surface area (Å²) in [6.07, 6.45) is 5.64. The molecule has 0 aliphatic heterocycles. The Hall–Kier alpha value is -2.42. The zero-order valence-electron chi connectivity index (χ0n) is 12.2. The number of rotatable bonds is 4. The van der Waals surface area contributed by atoms with Gasteiger partial charge in [-0.25, -0.2) is 4.98 Å². The molecule has 0 spiro atoms. The average molecular weight is 265 g/mol. The van der Waals surface area contributed by atoms with Gasteiger partial charge in [-0.05, 0) is 37.6 Å². The molecular weight excluding hydrogens is 246 g/mol. The monoisotopic (exact) mass is 265 g/mol. The van der Waals surface area contributed by atoms with E-state index in [2.05, 4.69) is 34.2 Å². The van der Waals surface area contributed by atoms with Crippen molar-refractivity contribution in [3.8, 4) is 0 Å². The molecule has 0 bridgehead atoms. The smallest absolute Gasteiger partial charge is 0.139 e. The molecule has 3 nitrogen and oxygen atoms in total. The molecule has 2 aromatic rings. The first-order valence-electron chi connectivity index (χ1n) is 6.48. The Balaban J connectivity index is 2.62. The Labute approximate surface area is 119 Å². The molecule has 0 aliphatic rings.